The lowest BCUT2D eigenvalue weighted by Crippen LogP contribution is -2.41. The number of rotatable bonds is 3. The molecule has 1 N–H and O–H groups in total. The molecule has 0 aromatic heterocycles. The average molecular weight is 310 g/mol. The molecule has 1 fully saturated rings. The minimum atomic E-state index is -3.03. The number of carbonyl (C=O) groups excluding carboxylic acids is 1. The fraction of sp³-hybridized carbons (Fsp3) is 0.533. The predicted molar refractivity (Wildman–Crippen MR) is 84.0 cm³/mol. The van der Waals surface area contributed by atoms with Gasteiger partial charge in [-0.3, -0.25) is 0 Å². The van der Waals surface area contributed by atoms with Crippen LogP contribution in [0.15, 0.2) is 24.3 Å². The quantitative estimate of drug-likeness (QED) is 0.932. The fourth-order valence-corrected chi connectivity index (χ4v) is 3.36. The van der Waals surface area contributed by atoms with E-state index in [1.165, 1.54) is 12.7 Å². The van der Waals surface area contributed by atoms with Crippen LogP contribution in [0.2, 0.25) is 0 Å². The van der Waals surface area contributed by atoms with Gasteiger partial charge in [-0.1, -0.05) is 19.1 Å². The number of likely N-dealkylation sites (tertiary alicyclic amines) is 1. The summed E-state index contributed by atoms with van der Waals surface area (Å²) in [6, 6.07) is 6.86. The minimum Gasteiger partial charge on any atom is -0.324 e. The molecule has 116 valence electrons. The van der Waals surface area contributed by atoms with Gasteiger partial charge in [-0.05, 0) is 36.5 Å². The zero-order valence-electron chi connectivity index (χ0n) is 12.5. The van der Waals surface area contributed by atoms with Crippen molar-refractivity contribution in [1.82, 2.24) is 4.90 Å². The van der Waals surface area contributed by atoms with E-state index >= 15 is 0 Å². The van der Waals surface area contributed by atoms with Crippen LogP contribution >= 0.6 is 0 Å². The molecule has 5 nitrogen and oxygen atoms in total. The Bertz CT molecular complexity index is 596. The van der Waals surface area contributed by atoms with E-state index in [0.717, 1.165) is 25.1 Å². The first-order valence-corrected chi connectivity index (χ1v) is 9.22. The van der Waals surface area contributed by atoms with Gasteiger partial charge in [0, 0.05) is 25.0 Å². The van der Waals surface area contributed by atoms with Crippen molar-refractivity contribution in [2.45, 2.75) is 25.5 Å². The summed E-state index contributed by atoms with van der Waals surface area (Å²) >= 11 is 0. The van der Waals surface area contributed by atoms with Gasteiger partial charge in [0.25, 0.3) is 0 Å². The van der Waals surface area contributed by atoms with E-state index in [1.54, 1.807) is 24.3 Å². The third-order valence-corrected chi connectivity index (χ3v) is 4.44. The molecule has 1 aromatic carbocycles. The summed E-state index contributed by atoms with van der Waals surface area (Å²) in [4.78, 5) is 14.0. The summed E-state index contributed by atoms with van der Waals surface area (Å²) in [5.41, 5.74) is 1.41. The number of benzene rings is 1. The van der Waals surface area contributed by atoms with Gasteiger partial charge in [0.15, 0.2) is 9.84 Å². The Hall–Kier alpha value is -1.56. The number of amides is 2. The predicted octanol–water partition coefficient (Wildman–Crippen LogP) is 2.50. The first kappa shape index (κ1) is 15.8. The van der Waals surface area contributed by atoms with Gasteiger partial charge in [0.1, 0.15) is 0 Å². The van der Waals surface area contributed by atoms with Gasteiger partial charge in [0.05, 0.1) is 5.75 Å². The summed E-state index contributed by atoms with van der Waals surface area (Å²) in [7, 11) is -3.03. The van der Waals surface area contributed by atoms with Gasteiger partial charge in [-0.15, -0.1) is 0 Å². The standard InChI is InChI=1S/C15H22N2O3S/c1-12-4-3-9-17(10-12)15(18)16-14-7-5-13(6-8-14)11-21(2,19)20/h5-8,12H,3-4,9-11H2,1-2H3,(H,16,18). The molecule has 21 heavy (non-hydrogen) atoms. The molecule has 1 heterocycles. The maximum atomic E-state index is 12.1. The largest absolute Gasteiger partial charge is 0.324 e. The van der Waals surface area contributed by atoms with Crippen LogP contribution in [0.3, 0.4) is 0 Å². The Balaban J connectivity index is 1.95. The van der Waals surface area contributed by atoms with E-state index in [2.05, 4.69) is 12.2 Å². The monoisotopic (exact) mass is 310 g/mol. The minimum absolute atomic E-state index is 0.0187. The van der Waals surface area contributed by atoms with Gasteiger partial charge in [-0.25, -0.2) is 13.2 Å². The van der Waals surface area contributed by atoms with Crippen molar-refractivity contribution in [2.24, 2.45) is 5.92 Å². The van der Waals surface area contributed by atoms with Crippen LogP contribution in [-0.4, -0.2) is 38.7 Å². The second-order valence-electron chi connectivity index (χ2n) is 5.89. The number of anilines is 1. The molecule has 0 spiro atoms. The molecule has 2 amide bonds. The summed E-state index contributed by atoms with van der Waals surface area (Å²) < 4.78 is 22.4. The summed E-state index contributed by atoms with van der Waals surface area (Å²) in [6.45, 7) is 3.74. The van der Waals surface area contributed by atoms with Crippen LogP contribution in [0, 0.1) is 5.92 Å². The van der Waals surface area contributed by atoms with Crippen molar-refractivity contribution >= 4 is 21.6 Å². The smallest absolute Gasteiger partial charge is 0.321 e. The Labute approximate surface area is 126 Å². The third-order valence-electron chi connectivity index (χ3n) is 3.58. The van der Waals surface area contributed by atoms with Gasteiger partial charge >= 0.3 is 6.03 Å². The zero-order valence-corrected chi connectivity index (χ0v) is 13.3. The van der Waals surface area contributed by atoms with Crippen LogP contribution in [0.25, 0.3) is 0 Å². The molecule has 0 radical (unpaired) electrons. The van der Waals surface area contributed by atoms with E-state index in [1.807, 2.05) is 4.90 Å². The molecule has 1 aliphatic rings. The molecule has 6 heteroatoms. The Morgan fingerprint density at radius 1 is 1.33 bits per heavy atom. The highest BCUT2D eigenvalue weighted by molar-refractivity contribution is 7.89. The highest BCUT2D eigenvalue weighted by Gasteiger charge is 2.20. The number of sulfone groups is 1. The lowest BCUT2D eigenvalue weighted by molar-refractivity contribution is 0.182. The number of hydrogen-bond acceptors (Lipinski definition) is 3. The molecule has 1 saturated heterocycles. The Morgan fingerprint density at radius 3 is 2.57 bits per heavy atom. The SMILES string of the molecule is CC1CCCN(C(=O)Nc2ccc(CS(C)(=O)=O)cc2)C1. The van der Waals surface area contributed by atoms with Crippen molar-refractivity contribution in [2.75, 3.05) is 24.7 Å². The maximum Gasteiger partial charge on any atom is 0.321 e. The highest BCUT2D eigenvalue weighted by Crippen LogP contribution is 2.17. The van der Waals surface area contributed by atoms with Crippen LogP contribution in [0.1, 0.15) is 25.3 Å². The van der Waals surface area contributed by atoms with Gasteiger partial charge in [-0.2, -0.15) is 0 Å². The van der Waals surface area contributed by atoms with E-state index in [0.29, 0.717) is 11.6 Å². The zero-order chi connectivity index (χ0) is 15.5. The molecule has 1 unspecified atom stereocenters. The molecule has 1 atom stereocenters. The lowest BCUT2D eigenvalue weighted by atomic mass is 10.0. The number of urea groups is 1. The van der Waals surface area contributed by atoms with Gasteiger partial charge < -0.3 is 10.2 Å². The molecule has 1 aliphatic heterocycles. The number of carbonyl (C=O) groups is 1. The second-order valence-corrected chi connectivity index (χ2v) is 8.03. The van der Waals surface area contributed by atoms with E-state index in [9.17, 15) is 13.2 Å². The summed E-state index contributed by atoms with van der Waals surface area (Å²) in [6.07, 6.45) is 3.42. The normalized spacial score (nSPS) is 19.3. The maximum absolute atomic E-state index is 12.1. The number of piperidine rings is 1. The highest BCUT2D eigenvalue weighted by atomic mass is 32.2. The topological polar surface area (TPSA) is 66.5 Å². The van der Waals surface area contributed by atoms with Crippen LogP contribution in [0.4, 0.5) is 10.5 Å². The Kier molecular flexibility index (Phi) is 4.88. The summed E-state index contributed by atoms with van der Waals surface area (Å²) in [5, 5.41) is 2.86. The summed E-state index contributed by atoms with van der Waals surface area (Å²) in [5.74, 6) is 0.562. The number of nitrogens with one attached hydrogen (secondary N) is 1. The van der Waals surface area contributed by atoms with Crippen LogP contribution in [-0.2, 0) is 15.6 Å². The molecule has 1 aromatic rings. The number of nitrogens with zero attached hydrogens (tertiary/aromatic N) is 1. The Morgan fingerprint density at radius 2 is 2.00 bits per heavy atom. The molecule has 2 rings (SSSR count). The van der Waals surface area contributed by atoms with Crippen LogP contribution in [0.5, 0.6) is 0 Å². The second kappa shape index (κ2) is 6.47. The van der Waals surface area contributed by atoms with Crippen molar-refractivity contribution in [3.05, 3.63) is 29.8 Å². The molecular weight excluding hydrogens is 288 g/mol. The molecule has 0 bridgehead atoms. The molecule has 0 aliphatic carbocycles. The molecular formula is C15H22N2O3S. The van der Waals surface area contributed by atoms with Crippen molar-refractivity contribution in [1.29, 1.82) is 0 Å². The van der Waals surface area contributed by atoms with Crippen molar-refractivity contribution < 1.29 is 13.2 Å². The van der Waals surface area contributed by atoms with Crippen molar-refractivity contribution in [3.63, 3.8) is 0 Å². The first-order valence-electron chi connectivity index (χ1n) is 7.16. The lowest BCUT2D eigenvalue weighted by Gasteiger charge is -2.30. The first-order chi connectivity index (χ1) is 9.83. The average Bonchev–Trinajstić information content (AvgIpc) is 2.39. The number of hydrogen-bond donors (Lipinski definition) is 1. The van der Waals surface area contributed by atoms with E-state index in [4.69, 9.17) is 0 Å². The van der Waals surface area contributed by atoms with E-state index in [-0.39, 0.29) is 11.8 Å². The van der Waals surface area contributed by atoms with Gasteiger partial charge in [0.2, 0.25) is 0 Å². The molecule has 0 saturated carbocycles. The van der Waals surface area contributed by atoms with Crippen molar-refractivity contribution in [3.8, 4) is 0 Å². The van der Waals surface area contributed by atoms with Crippen LogP contribution < -0.4 is 5.32 Å². The fourth-order valence-electron chi connectivity index (χ4n) is 2.56. The third kappa shape index (κ3) is 5.04. The van der Waals surface area contributed by atoms with E-state index < -0.39 is 9.84 Å².